The molecule has 1 heterocycles. The molecule has 100 valence electrons. The maximum atomic E-state index is 11.4. The molecule has 0 atom stereocenters. The Bertz CT molecular complexity index is 439. The standard InChI is InChI=1S/C10H15N3O4S/c1-10(2,3)17-9(15)13-4-6-12-5-7(18-6)16-8(11)14/h5H,4H2,1-3H3,(H2,11,14)(H,13,15). The summed E-state index contributed by atoms with van der Waals surface area (Å²) in [4.78, 5) is 25.8. The van der Waals surface area contributed by atoms with Gasteiger partial charge in [0.15, 0.2) is 0 Å². The molecule has 0 aliphatic rings. The Kier molecular flexibility index (Phi) is 4.49. The van der Waals surface area contributed by atoms with Crippen molar-refractivity contribution in [3.63, 3.8) is 0 Å². The zero-order valence-electron chi connectivity index (χ0n) is 10.4. The number of hydrogen-bond donors (Lipinski definition) is 2. The quantitative estimate of drug-likeness (QED) is 0.871. The Morgan fingerprint density at radius 2 is 2.17 bits per heavy atom. The van der Waals surface area contributed by atoms with Gasteiger partial charge in [0.2, 0.25) is 5.06 Å². The first-order valence-electron chi connectivity index (χ1n) is 5.15. The second-order valence-corrected chi connectivity index (χ2v) is 5.43. The number of carbonyl (C=O) groups is 2. The predicted molar refractivity (Wildman–Crippen MR) is 65.4 cm³/mol. The van der Waals surface area contributed by atoms with Crippen LogP contribution >= 0.6 is 11.3 Å². The van der Waals surface area contributed by atoms with E-state index in [4.69, 9.17) is 10.5 Å². The third kappa shape index (κ3) is 5.48. The van der Waals surface area contributed by atoms with E-state index >= 15 is 0 Å². The van der Waals surface area contributed by atoms with Crippen molar-refractivity contribution in [2.24, 2.45) is 5.73 Å². The van der Waals surface area contributed by atoms with Crippen molar-refractivity contribution in [1.82, 2.24) is 10.3 Å². The number of rotatable bonds is 3. The molecule has 0 fully saturated rings. The number of alkyl carbamates (subject to hydrolysis) is 1. The number of nitrogens with one attached hydrogen (secondary N) is 1. The molecular formula is C10H15N3O4S. The lowest BCUT2D eigenvalue weighted by Gasteiger charge is -2.19. The fourth-order valence-corrected chi connectivity index (χ4v) is 1.69. The topological polar surface area (TPSA) is 104 Å². The van der Waals surface area contributed by atoms with Gasteiger partial charge in [-0.15, -0.1) is 0 Å². The summed E-state index contributed by atoms with van der Waals surface area (Å²) in [5, 5.41) is 3.40. The van der Waals surface area contributed by atoms with Crippen LogP contribution in [0.15, 0.2) is 6.20 Å². The summed E-state index contributed by atoms with van der Waals surface area (Å²) in [7, 11) is 0. The van der Waals surface area contributed by atoms with E-state index in [1.54, 1.807) is 20.8 Å². The van der Waals surface area contributed by atoms with Crippen LogP contribution in [0.3, 0.4) is 0 Å². The molecule has 8 heteroatoms. The number of aromatic nitrogens is 1. The van der Waals surface area contributed by atoms with Gasteiger partial charge in [-0.2, -0.15) is 0 Å². The van der Waals surface area contributed by atoms with Crippen LogP contribution in [0.2, 0.25) is 0 Å². The molecule has 1 aromatic heterocycles. The predicted octanol–water partition coefficient (Wildman–Crippen LogP) is 1.63. The number of nitrogens with zero attached hydrogens (tertiary/aromatic N) is 1. The highest BCUT2D eigenvalue weighted by Crippen LogP contribution is 2.21. The second kappa shape index (κ2) is 5.67. The highest BCUT2D eigenvalue weighted by atomic mass is 32.1. The maximum Gasteiger partial charge on any atom is 0.410 e. The summed E-state index contributed by atoms with van der Waals surface area (Å²) in [6.07, 6.45) is -0.0676. The van der Waals surface area contributed by atoms with Crippen LogP contribution in [-0.4, -0.2) is 22.8 Å². The zero-order chi connectivity index (χ0) is 13.8. The molecule has 1 aromatic rings. The molecule has 0 spiro atoms. The lowest BCUT2D eigenvalue weighted by Crippen LogP contribution is -2.32. The maximum absolute atomic E-state index is 11.4. The third-order valence-electron chi connectivity index (χ3n) is 1.52. The van der Waals surface area contributed by atoms with Gasteiger partial charge in [-0.3, -0.25) is 0 Å². The normalized spacial score (nSPS) is 10.8. The Morgan fingerprint density at radius 3 is 2.72 bits per heavy atom. The van der Waals surface area contributed by atoms with Gasteiger partial charge in [0.25, 0.3) is 0 Å². The summed E-state index contributed by atoms with van der Waals surface area (Å²) in [5.41, 5.74) is 4.30. The minimum Gasteiger partial charge on any atom is -0.444 e. The van der Waals surface area contributed by atoms with E-state index in [0.29, 0.717) is 5.01 Å². The minimum atomic E-state index is -0.898. The molecular weight excluding hydrogens is 258 g/mol. The number of amides is 2. The van der Waals surface area contributed by atoms with Crippen LogP contribution in [0.1, 0.15) is 25.8 Å². The Hall–Kier alpha value is -1.83. The van der Waals surface area contributed by atoms with Crippen LogP contribution in [0, 0.1) is 0 Å². The van der Waals surface area contributed by atoms with Crippen LogP contribution in [0.4, 0.5) is 9.59 Å². The number of thiazole rings is 1. The minimum absolute atomic E-state index is 0.196. The number of hydrogen-bond acceptors (Lipinski definition) is 6. The van der Waals surface area contributed by atoms with Crippen molar-refractivity contribution in [2.75, 3.05) is 0 Å². The first-order valence-corrected chi connectivity index (χ1v) is 5.97. The summed E-state index contributed by atoms with van der Waals surface area (Å²) in [5.74, 6) is 0. The van der Waals surface area contributed by atoms with E-state index in [9.17, 15) is 9.59 Å². The summed E-state index contributed by atoms with van der Waals surface area (Å²) >= 11 is 1.12. The highest BCUT2D eigenvalue weighted by molar-refractivity contribution is 7.13. The van der Waals surface area contributed by atoms with Crippen molar-refractivity contribution >= 4 is 23.5 Å². The van der Waals surface area contributed by atoms with Crippen LogP contribution < -0.4 is 15.8 Å². The van der Waals surface area contributed by atoms with E-state index in [-0.39, 0.29) is 11.6 Å². The average molecular weight is 273 g/mol. The smallest absolute Gasteiger partial charge is 0.410 e. The molecule has 0 aliphatic heterocycles. The van der Waals surface area contributed by atoms with Crippen molar-refractivity contribution in [3.05, 3.63) is 11.2 Å². The highest BCUT2D eigenvalue weighted by Gasteiger charge is 2.16. The van der Waals surface area contributed by atoms with Gasteiger partial charge in [-0.05, 0) is 20.8 Å². The lowest BCUT2D eigenvalue weighted by atomic mass is 10.2. The summed E-state index contributed by atoms with van der Waals surface area (Å²) in [6.45, 7) is 5.51. The van der Waals surface area contributed by atoms with Crippen LogP contribution in [0.25, 0.3) is 0 Å². The van der Waals surface area contributed by atoms with E-state index < -0.39 is 17.8 Å². The summed E-state index contributed by atoms with van der Waals surface area (Å²) in [6, 6.07) is 0. The number of primary amides is 1. The molecule has 0 unspecified atom stereocenters. The zero-order valence-corrected chi connectivity index (χ0v) is 11.2. The van der Waals surface area contributed by atoms with Gasteiger partial charge in [-0.1, -0.05) is 11.3 Å². The van der Waals surface area contributed by atoms with Crippen LogP contribution in [-0.2, 0) is 11.3 Å². The molecule has 2 amide bonds. The molecule has 0 aromatic carbocycles. The van der Waals surface area contributed by atoms with E-state index in [1.807, 2.05) is 0 Å². The molecule has 0 bridgehead atoms. The van der Waals surface area contributed by atoms with Gasteiger partial charge in [0, 0.05) is 0 Å². The fraction of sp³-hybridized carbons (Fsp3) is 0.500. The van der Waals surface area contributed by atoms with Gasteiger partial charge in [0.05, 0.1) is 12.7 Å². The molecule has 3 N–H and O–H groups in total. The molecule has 7 nitrogen and oxygen atoms in total. The molecule has 0 aliphatic carbocycles. The van der Waals surface area contributed by atoms with Gasteiger partial charge >= 0.3 is 12.2 Å². The van der Waals surface area contributed by atoms with Gasteiger partial charge in [-0.25, -0.2) is 14.6 Å². The monoisotopic (exact) mass is 273 g/mol. The van der Waals surface area contributed by atoms with Gasteiger partial charge in [0.1, 0.15) is 10.6 Å². The molecule has 0 radical (unpaired) electrons. The van der Waals surface area contributed by atoms with E-state index in [2.05, 4.69) is 15.0 Å². The van der Waals surface area contributed by atoms with Crippen molar-refractivity contribution in [2.45, 2.75) is 32.9 Å². The van der Waals surface area contributed by atoms with Crippen molar-refractivity contribution < 1.29 is 19.1 Å². The largest absolute Gasteiger partial charge is 0.444 e. The Morgan fingerprint density at radius 1 is 1.50 bits per heavy atom. The Balaban J connectivity index is 2.42. The van der Waals surface area contributed by atoms with E-state index in [1.165, 1.54) is 6.20 Å². The molecule has 18 heavy (non-hydrogen) atoms. The van der Waals surface area contributed by atoms with E-state index in [0.717, 1.165) is 11.3 Å². The van der Waals surface area contributed by atoms with Crippen molar-refractivity contribution in [3.8, 4) is 5.06 Å². The third-order valence-corrected chi connectivity index (χ3v) is 2.39. The average Bonchev–Trinajstić information content (AvgIpc) is 2.59. The number of nitrogens with two attached hydrogens (primary N) is 1. The molecule has 0 saturated heterocycles. The molecule has 0 saturated carbocycles. The lowest BCUT2D eigenvalue weighted by molar-refractivity contribution is 0.0523. The number of carbonyl (C=O) groups excluding carboxylic acids is 2. The molecule has 1 rings (SSSR count). The first kappa shape index (κ1) is 14.2. The Labute approximate surface area is 108 Å². The van der Waals surface area contributed by atoms with Crippen molar-refractivity contribution in [1.29, 1.82) is 0 Å². The number of ether oxygens (including phenoxy) is 2. The van der Waals surface area contributed by atoms with Gasteiger partial charge < -0.3 is 20.5 Å². The SMILES string of the molecule is CC(C)(C)OC(=O)NCc1ncc(OC(N)=O)s1. The second-order valence-electron chi connectivity index (χ2n) is 4.35. The first-order chi connectivity index (χ1) is 8.26. The van der Waals surface area contributed by atoms with Crippen LogP contribution in [0.5, 0.6) is 5.06 Å². The summed E-state index contributed by atoms with van der Waals surface area (Å²) < 4.78 is 9.69. The fourth-order valence-electron chi connectivity index (χ4n) is 0.984.